The fraction of sp³-hybridized carbons (Fsp3) is 0.273. The van der Waals surface area contributed by atoms with Crippen LogP contribution in [0.3, 0.4) is 0 Å². The molecule has 98 valence electrons. The average molecular weight is 263 g/mol. The van der Waals surface area contributed by atoms with Crippen LogP contribution in [-0.2, 0) is 0 Å². The van der Waals surface area contributed by atoms with Gasteiger partial charge >= 0.3 is 5.69 Å². The first-order valence-electron chi connectivity index (χ1n) is 5.06. The van der Waals surface area contributed by atoms with Crippen molar-refractivity contribution in [1.82, 2.24) is 0 Å². The summed E-state index contributed by atoms with van der Waals surface area (Å²) in [6.07, 6.45) is -3.65. The van der Waals surface area contributed by atoms with E-state index in [9.17, 15) is 25.4 Å². The van der Waals surface area contributed by atoms with Crippen LogP contribution >= 0.6 is 0 Å². The lowest BCUT2D eigenvalue weighted by molar-refractivity contribution is -0.386. The first kappa shape index (κ1) is 14.4. The lowest BCUT2D eigenvalue weighted by Gasteiger charge is -2.16. The Kier molecular flexibility index (Phi) is 4.37. The van der Waals surface area contributed by atoms with Gasteiger partial charge in [0, 0.05) is 11.6 Å². The molecule has 0 aliphatic rings. The molecule has 3 N–H and O–H groups in total. The molecular weight excluding hydrogens is 254 g/mol. The summed E-state index contributed by atoms with van der Waals surface area (Å²) in [4.78, 5) is 9.79. The highest BCUT2D eigenvalue weighted by Crippen LogP contribution is 2.36. The first-order valence-corrected chi connectivity index (χ1v) is 5.06. The number of aliphatic hydroxyl groups excluding tert-OH is 2. The van der Waals surface area contributed by atoms with Crippen molar-refractivity contribution < 1.29 is 20.2 Å². The Hall–Kier alpha value is -2.68. The van der Waals surface area contributed by atoms with Gasteiger partial charge in [-0.3, -0.25) is 10.1 Å². The van der Waals surface area contributed by atoms with E-state index in [1.165, 1.54) is 0 Å². The molecule has 0 bridgehead atoms. The molecule has 0 saturated carbocycles. The molecule has 1 aromatic rings. The Labute approximate surface area is 107 Å². The van der Waals surface area contributed by atoms with Crippen molar-refractivity contribution in [3.8, 4) is 17.9 Å². The van der Waals surface area contributed by atoms with Gasteiger partial charge in [0.25, 0.3) is 0 Å². The smallest absolute Gasteiger partial charge is 0.312 e. The number of nitro groups is 1. The van der Waals surface area contributed by atoms with Crippen molar-refractivity contribution in [2.45, 2.75) is 18.6 Å². The zero-order valence-corrected chi connectivity index (χ0v) is 9.52. The Morgan fingerprint density at radius 1 is 1.37 bits per heavy atom. The molecule has 0 aliphatic carbocycles. The maximum Gasteiger partial charge on any atom is 0.312 e. The molecule has 0 heterocycles. The Balaban J connectivity index is 3.35. The van der Waals surface area contributed by atoms with E-state index in [2.05, 4.69) is 0 Å². The summed E-state index contributed by atoms with van der Waals surface area (Å²) in [5.74, 6) is -0.839. The molecule has 2 unspecified atom stereocenters. The molecule has 8 nitrogen and oxygen atoms in total. The van der Waals surface area contributed by atoms with E-state index in [4.69, 9.17) is 10.5 Å². The van der Waals surface area contributed by atoms with Crippen LogP contribution in [0.2, 0.25) is 0 Å². The van der Waals surface area contributed by atoms with Gasteiger partial charge in [0.1, 0.15) is 6.10 Å². The summed E-state index contributed by atoms with van der Waals surface area (Å²) in [5, 5.41) is 56.7. The number of rotatable bonds is 4. The number of hydrogen-bond acceptors (Lipinski definition) is 7. The molecule has 0 spiro atoms. The van der Waals surface area contributed by atoms with Crippen LogP contribution in [0.25, 0.3) is 0 Å². The summed E-state index contributed by atoms with van der Waals surface area (Å²) >= 11 is 0. The molecule has 0 fully saturated rings. The standard InChI is InChI=1S/C11H9N3O5/c12-2-1-9(15)11(17)7-3-6(5-13)4-8(10(7)16)14(18)19/h3-4,9,11,15-17H,1H2. The second-order valence-corrected chi connectivity index (χ2v) is 3.68. The molecule has 0 aliphatic heterocycles. The Morgan fingerprint density at radius 3 is 2.47 bits per heavy atom. The van der Waals surface area contributed by atoms with E-state index in [-0.39, 0.29) is 11.1 Å². The molecule has 0 amide bonds. The van der Waals surface area contributed by atoms with Gasteiger partial charge in [-0.05, 0) is 6.07 Å². The average Bonchev–Trinajstić information content (AvgIpc) is 2.38. The number of phenolic OH excluding ortho intramolecular Hbond substituents is 1. The van der Waals surface area contributed by atoms with Crippen molar-refractivity contribution in [3.63, 3.8) is 0 Å². The molecule has 19 heavy (non-hydrogen) atoms. The highest BCUT2D eigenvalue weighted by Gasteiger charge is 2.27. The predicted octanol–water partition coefficient (Wildman–Crippen LogP) is 0.480. The van der Waals surface area contributed by atoms with Gasteiger partial charge in [-0.15, -0.1) is 0 Å². The summed E-state index contributed by atoms with van der Waals surface area (Å²) in [7, 11) is 0. The SMILES string of the molecule is N#CCC(O)C(O)c1cc(C#N)cc([N+](=O)[O-])c1O. The summed E-state index contributed by atoms with van der Waals surface area (Å²) in [5.41, 5.74) is -1.27. The predicted molar refractivity (Wildman–Crippen MR) is 60.7 cm³/mol. The lowest BCUT2D eigenvalue weighted by Crippen LogP contribution is -2.18. The molecule has 0 aromatic heterocycles. The van der Waals surface area contributed by atoms with Gasteiger partial charge in [-0.2, -0.15) is 10.5 Å². The van der Waals surface area contributed by atoms with E-state index in [0.717, 1.165) is 12.1 Å². The molecule has 0 saturated heterocycles. The van der Waals surface area contributed by atoms with Crippen molar-refractivity contribution >= 4 is 5.69 Å². The minimum Gasteiger partial charge on any atom is -0.502 e. The number of aromatic hydroxyl groups is 1. The third kappa shape index (κ3) is 2.96. The van der Waals surface area contributed by atoms with E-state index in [1.54, 1.807) is 12.1 Å². The molecule has 2 atom stereocenters. The minimum absolute atomic E-state index is 0.150. The van der Waals surface area contributed by atoms with E-state index in [0.29, 0.717) is 0 Å². The topological polar surface area (TPSA) is 151 Å². The van der Waals surface area contributed by atoms with E-state index in [1.807, 2.05) is 0 Å². The maximum absolute atomic E-state index is 10.7. The number of nitro benzene ring substituents is 1. The molecule has 8 heteroatoms. The lowest BCUT2D eigenvalue weighted by atomic mass is 9.98. The zero-order valence-electron chi connectivity index (χ0n) is 9.52. The van der Waals surface area contributed by atoms with Crippen molar-refractivity contribution in [1.29, 1.82) is 10.5 Å². The summed E-state index contributed by atoms with van der Waals surface area (Å²) in [6.45, 7) is 0. The van der Waals surface area contributed by atoms with Crippen LogP contribution in [0.15, 0.2) is 12.1 Å². The zero-order chi connectivity index (χ0) is 14.6. The van der Waals surface area contributed by atoms with Gasteiger partial charge < -0.3 is 15.3 Å². The minimum atomic E-state index is -1.70. The van der Waals surface area contributed by atoms with E-state index < -0.39 is 35.0 Å². The van der Waals surface area contributed by atoms with Crippen LogP contribution in [0.5, 0.6) is 5.75 Å². The number of aliphatic hydroxyl groups is 2. The summed E-state index contributed by atoms with van der Waals surface area (Å²) < 4.78 is 0. The van der Waals surface area contributed by atoms with Crippen molar-refractivity contribution in [2.75, 3.05) is 0 Å². The molecule has 1 aromatic carbocycles. The van der Waals surface area contributed by atoms with Crippen LogP contribution in [-0.4, -0.2) is 26.3 Å². The first-order chi connectivity index (χ1) is 8.92. The van der Waals surface area contributed by atoms with Crippen molar-refractivity contribution in [3.05, 3.63) is 33.4 Å². The number of nitriles is 2. The largest absolute Gasteiger partial charge is 0.502 e. The van der Waals surface area contributed by atoms with Gasteiger partial charge in [-0.1, -0.05) is 0 Å². The highest BCUT2D eigenvalue weighted by molar-refractivity contribution is 5.56. The number of nitrogens with zero attached hydrogens (tertiary/aromatic N) is 3. The van der Waals surface area contributed by atoms with E-state index >= 15 is 0 Å². The monoisotopic (exact) mass is 263 g/mol. The third-order valence-electron chi connectivity index (χ3n) is 2.43. The molecule has 1 rings (SSSR count). The van der Waals surface area contributed by atoms with Crippen LogP contribution in [0, 0.1) is 32.8 Å². The molecule has 0 radical (unpaired) electrons. The Bertz CT molecular complexity index is 587. The number of benzene rings is 1. The fourth-order valence-corrected chi connectivity index (χ4v) is 1.48. The van der Waals surface area contributed by atoms with Gasteiger partial charge in [0.15, 0.2) is 5.75 Å². The second-order valence-electron chi connectivity index (χ2n) is 3.68. The summed E-state index contributed by atoms with van der Waals surface area (Å²) in [6, 6.07) is 5.13. The quantitative estimate of drug-likeness (QED) is 0.527. The maximum atomic E-state index is 10.7. The second kappa shape index (κ2) is 5.78. The van der Waals surface area contributed by atoms with Crippen LogP contribution < -0.4 is 0 Å². The number of phenols is 1. The highest BCUT2D eigenvalue weighted by atomic mass is 16.6. The Morgan fingerprint density at radius 2 is 2.00 bits per heavy atom. The molecular formula is C11H9N3O5. The van der Waals surface area contributed by atoms with Gasteiger partial charge in [0.05, 0.1) is 35.1 Å². The van der Waals surface area contributed by atoms with Gasteiger partial charge in [-0.25, -0.2) is 0 Å². The van der Waals surface area contributed by atoms with Crippen LogP contribution in [0.4, 0.5) is 5.69 Å². The third-order valence-corrected chi connectivity index (χ3v) is 2.43. The normalized spacial score (nSPS) is 13.1. The fourth-order valence-electron chi connectivity index (χ4n) is 1.48. The number of hydrogen-bond donors (Lipinski definition) is 3. The van der Waals surface area contributed by atoms with Crippen molar-refractivity contribution in [2.24, 2.45) is 0 Å². The van der Waals surface area contributed by atoms with Crippen LogP contribution in [0.1, 0.15) is 23.7 Å². The van der Waals surface area contributed by atoms with Gasteiger partial charge in [0.2, 0.25) is 0 Å².